The highest BCUT2D eigenvalue weighted by Crippen LogP contribution is 2.22. The minimum atomic E-state index is -3.50. The maximum Gasteiger partial charge on any atom is 0.239 e. The van der Waals surface area contributed by atoms with Crippen molar-refractivity contribution in [3.63, 3.8) is 0 Å². The SMILES string of the molecule is CS(=O)(=O)N(CC(=O)Nc1ccc(N2CCCC2)cc1)Cc1ccccc1. The molecule has 0 saturated carbocycles. The molecule has 1 aliphatic rings. The molecule has 6 nitrogen and oxygen atoms in total. The van der Waals surface area contributed by atoms with Gasteiger partial charge >= 0.3 is 0 Å². The van der Waals surface area contributed by atoms with E-state index >= 15 is 0 Å². The average molecular weight is 388 g/mol. The second-order valence-corrected chi connectivity index (χ2v) is 8.79. The summed E-state index contributed by atoms with van der Waals surface area (Å²) in [6.07, 6.45) is 3.54. The lowest BCUT2D eigenvalue weighted by molar-refractivity contribution is -0.116. The largest absolute Gasteiger partial charge is 0.372 e. The van der Waals surface area contributed by atoms with Crippen molar-refractivity contribution in [1.29, 1.82) is 0 Å². The lowest BCUT2D eigenvalue weighted by atomic mass is 10.2. The molecule has 27 heavy (non-hydrogen) atoms. The van der Waals surface area contributed by atoms with E-state index in [-0.39, 0.29) is 19.0 Å². The van der Waals surface area contributed by atoms with E-state index in [4.69, 9.17) is 0 Å². The van der Waals surface area contributed by atoms with E-state index in [9.17, 15) is 13.2 Å². The molecule has 1 saturated heterocycles. The van der Waals surface area contributed by atoms with Gasteiger partial charge in [0.05, 0.1) is 12.8 Å². The van der Waals surface area contributed by atoms with E-state index in [2.05, 4.69) is 10.2 Å². The Balaban J connectivity index is 1.62. The number of nitrogens with one attached hydrogen (secondary N) is 1. The Hall–Kier alpha value is -2.38. The Bertz CT molecular complexity index is 861. The van der Waals surface area contributed by atoms with Gasteiger partial charge in [0.15, 0.2) is 0 Å². The number of hydrogen-bond acceptors (Lipinski definition) is 4. The maximum absolute atomic E-state index is 12.4. The summed E-state index contributed by atoms with van der Waals surface area (Å²) in [6, 6.07) is 16.9. The van der Waals surface area contributed by atoms with Crippen LogP contribution in [0.5, 0.6) is 0 Å². The normalized spacial score (nSPS) is 14.5. The average Bonchev–Trinajstić information content (AvgIpc) is 3.16. The zero-order chi connectivity index (χ0) is 19.3. The van der Waals surface area contributed by atoms with Crippen molar-refractivity contribution in [1.82, 2.24) is 4.31 Å². The quantitative estimate of drug-likeness (QED) is 0.793. The van der Waals surface area contributed by atoms with E-state index in [0.717, 1.165) is 30.6 Å². The summed E-state index contributed by atoms with van der Waals surface area (Å²) in [5.74, 6) is -0.356. The molecule has 0 unspecified atom stereocenters. The fourth-order valence-electron chi connectivity index (χ4n) is 3.17. The smallest absolute Gasteiger partial charge is 0.239 e. The Morgan fingerprint density at radius 1 is 1.04 bits per heavy atom. The summed E-state index contributed by atoms with van der Waals surface area (Å²) in [6.45, 7) is 2.08. The van der Waals surface area contributed by atoms with Crippen molar-refractivity contribution in [2.24, 2.45) is 0 Å². The van der Waals surface area contributed by atoms with Crippen LogP contribution in [0.1, 0.15) is 18.4 Å². The summed E-state index contributed by atoms with van der Waals surface area (Å²) in [5, 5.41) is 2.78. The lowest BCUT2D eigenvalue weighted by Crippen LogP contribution is -2.36. The first-order valence-electron chi connectivity index (χ1n) is 9.06. The third kappa shape index (κ3) is 5.55. The van der Waals surface area contributed by atoms with E-state index in [1.54, 1.807) is 0 Å². The zero-order valence-corrected chi connectivity index (χ0v) is 16.3. The summed E-state index contributed by atoms with van der Waals surface area (Å²) >= 11 is 0. The monoisotopic (exact) mass is 387 g/mol. The summed E-state index contributed by atoms with van der Waals surface area (Å²) in [5.41, 5.74) is 2.65. The molecule has 7 heteroatoms. The Morgan fingerprint density at radius 3 is 2.26 bits per heavy atom. The molecule has 0 bridgehead atoms. The van der Waals surface area contributed by atoms with Gasteiger partial charge in [0, 0.05) is 31.0 Å². The Morgan fingerprint density at radius 2 is 1.67 bits per heavy atom. The molecule has 1 fully saturated rings. The second-order valence-electron chi connectivity index (χ2n) is 6.81. The third-order valence-electron chi connectivity index (χ3n) is 4.61. The van der Waals surface area contributed by atoms with Gasteiger partial charge in [-0.15, -0.1) is 0 Å². The van der Waals surface area contributed by atoms with Gasteiger partial charge in [-0.2, -0.15) is 4.31 Å². The molecule has 2 aromatic rings. The topological polar surface area (TPSA) is 69.7 Å². The van der Waals surface area contributed by atoms with Crippen molar-refractivity contribution in [3.05, 3.63) is 60.2 Å². The van der Waals surface area contributed by atoms with Crippen LogP contribution in [0.25, 0.3) is 0 Å². The molecule has 0 spiro atoms. The molecule has 0 aliphatic carbocycles. The predicted molar refractivity (Wildman–Crippen MR) is 108 cm³/mol. The van der Waals surface area contributed by atoms with Crippen molar-refractivity contribution in [3.8, 4) is 0 Å². The van der Waals surface area contributed by atoms with Gasteiger partial charge in [-0.3, -0.25) is 4.79 Å². The molecular weight excluding hydrogens is 362 g/mol. The molecule has 0 radical (unpaired) electrons. The van der Waals surface area contributed by atoms with Crippen molar-refractivity contribution in [2.75, 3.05) is 36.1 Å². The molecule has 1 amide bonds. The van der Waals surface area contributed by atoms with Crippen LogP contribution >= 0.6 is 0 Å². The van der Waals surface area contributed by atoms with E-state index in [1.165, 1.54) is 17.1 Å². The first-order valence-corrected chi connectivity index (χ1v) is 10.9. The van der Waals surface area contributed by atoms with Crippen LogP contribution in [0.2, 0.25) is 0 Å². The lowest BCUT2D eigenvalue weighted by Gasteiger charge is -2.20. The highest BCUT2D eigenvalue weighted by atomic mass is 32.2. The third-order valence-corrected chi connectivity index (χ3v) is 5.81. The molecule has 3 rings (SSSR count). The molecule has 0 atom stereocenters. The number of hydrogen-bond donors (Lipinski definition) is 1. The van der Waals surface area contributed by atoms with Gasteiger partial charge in [0.1, 0.15) is 0 Å². The molecular formula is C20H25N3O3S. The minimum Gasteiger partial charge on any atom is -0.372 e. The molecule has 1 N–H and O–H groups in total. The van der Waals surface area contributed by atoms with Crippen molar-refractivity contribution in [2.45, 2.75) is 19.4 Å². The van der Waals surface area contributed by atoms with Crippen LogP contribution in [0.4, 0.5) is 11.4 Å². The van der Waals surface area contributed by atoms with Gasteiger partial charge in [-0.05, 0) is 42.7 Å². The van der Waals surface area contributed by atoms with Gasteiger partial charge < -0.3 is 10.2 Å². The van der Waals surface area contributed by atoms with Crippen LogP contribution in [0, 0.1) is 0 Å². The second kappa shape index (κ2) is 8.54. The summed E-state index contributed by atoms with van der Waals surface area (Å²) < 4.78 is 25.3. The number of carbonyl (C=O) groups is 1. The summed E-state index contributed by atoms with van der Waals surface area (Å²) in [4.78, 5) is 14.7. The first kappa shape index (κ1) is 19.4. The zero-order valence-electron chi connectivity index (χ0n) is 15.5. The minimum absolute atomic E-state index is 0.168. The van der Waals surface area contributed by atoms with Crippen LogP contribution in [-0.2, 0) is 21.4 Å². The predicted octanol–water partition coefficient (Wildman–Crippen LogP) is 2.69. The fourth-order valence-corrected chi connectivity index (χ4v) is 3.90. The van der Waals surface area contributed by atoms with E-state index in [1.807, 2.05) is 54.6 Å². The number of amides is 1. The Labute approximate surface area is 160 Å². The maximum atomic E-state index is 12.4. The van der Waals surface area contributed by atoms with Gasteiger partial charge in [0.2, 0.25) is 15.9 Å². The number of sulfonamides is 1. The Kier molecular flexibility index (Phi) is 6.13. The molecule has 1 aliphatic heterocycles. The molecule has 1 heterocycles. The number of anilines is 2. The number of carbonyl (C=O) groups excluding carboxylic acids is 1. The highest BCUT2D eigenvalue weighted by molar-refractivity contribution is 7.88. The fraction of sp³-hybridized carbons (Fsp3) is 0.350. The van der Waals surface area contributed by atoms with E-state index < -0.39 is 10.0 Å². The molecule has 144 valence electrons. The van der Waals surface area contributed by atoms with Crippen LogP contribution in [0.3, 0.4) is 0 Å². The van der Waals surface area contributed by atoms with Gasteiger partial charge in [-0.25, -0.2) is 8.42 Å². The number of nitrogens with zero attached hydrogens (tertiary/aromatic N) is 2. The number of benzene rings is 2. The van der Waals surface area contributed by atoms with Crippen LogP contribution in [-0.4, -0.2) is 44.5 Å². The summed E-state index contributed by atoms with van der Waals surface area (Å²) in [7, 11) is -3.50. The number of rotatable bonds is 7. The van der Waals surface area contributed by atoms with Crippen LogP contribution in [0.15, 0.2) is 54.6 Å². The highest BCUT2D eigenvalue weighted by Gasteiger charge is 2.20. The van der Waals surface area contributed by atoms with Crippen molar-refractivity contribution < 1.29 is 13.2 Å². The van der Waals surface area contributed by atoms with Crippen LogP contribution < -0.4 is 10.2 Å². The van der Waals surface area contributed by atoms with E-state index in [0.29, 0.717) is 5.69 Å². The molecule has 2 aromatic carbocycles. The van der Waals surface area contributed by atoms with Gasteiger partial charge in [-0.1, -0.05) is 30.3 Å². The van der Waals surface area contributed by atoms with Gasteiger partial charge in [0.25, 0.3) is 0 Å². The van der Waals surface area contributed by atoms with Crippen molar-refractivity contribution >= 4 is 27.3 Å². The molecule has 0 aromatic heterocycles. The standard InChI is InChI=1S/C20H25N3O3S/c1-27(25,26)23(15-17-7-3-2-4-8-17)16-20(24)21-18-9-11-19(12-10-18)22-13-5-6-14-22/h2-4,7-12H,5-6,13-16H2,1H3,(H,21,24). The first-order chi connectivity index (χ1) is 12.9.